The van der Waals surface area contributed by atoms with E-state index >= 15 is 0 Å². The fraction of sp³-hybridized carbons (Fsp3) is 0.111. The van der Waals surface area contributed by atoms with E-state index in [9.17, 15) is 27.2 Å². The molecule has 0 fully saturated rings. The largest absolute Gasteiger partial charge is 0.325 e. The first-order valence-electron chi connectivity index (χ1n) is 8.39. The molecule has 0 bridgehead atoms. The van der Waals surface area contributed by atoms with Gasteiger partial charge in [-0.25, -0.2) is 17.6 Å². The molecule has 3 aromatic rings. The van der Waals surface area contributed by atoms with Gasteiger partial charge in [-0.05, 0) is 24.3 Å². The molecule has 0 unspecified atom stereocenters. The van der Waals surface area contributed by atoms with E-state index in [1.165, 1.54) is 12.1 Å². The number of nitrogens with one attached hydrogen (secondary N) is 2. The number of carbonyl (C=O) groups is 2. The molecule has 3 rings (SSSR count). The normalized spacial score (nSPS) is 10.7. The van der Waals surface area contributed by atoms with Gasteiger partial charge in [0.05, 0.1) is 11.5 Å². The number of nitrogens with zero attached hydrogens (tertiary/aromatic N) is 2. The van der Waals surface area contributed by atoms with E-state index in [0.717, 1.165) is 59.1 Å². The molecule has 1 aromatic heterocycles. The average molecular weight is 489 g/mol. The third-order valence-corrected chi connectivity index (χ3v) is 6.64. The van der Waals surface area contributed by atoms with Crippen LogP contribution in [0.4, 0.5) is 28.9 Å². The zero-order chi connectivity index (χ0) is 22.4. The topological polar surface area (TPSA) is 84.0 Å². The highest BCUT2D eigenvalue weighted by atomic mass is 32.2. The van der Waals surface area contributed by atoms with E-state index in [1.807, 2.05) is 0 Å². The highest BCUT2D eigenvalue weighted by Gasteiger charge is 2.12. The van der Waals surface area contributed by atoms with Crippen LogP contribution in [0.15, 0.2) is 45.1 Å². The number of benzene rings is 2. The lowest BCUT2D eigenvalue weighted by Gasteiger charge is -2.04. The van der Waals surface area contributed by atoms with Crippen molar-refractivity contribution in [1.82, 2.24) is 10.2 Å². The Kier molecular flexibility index (Phi) is 7.87. The summed E-state index contributed by atoms with van der Waals surface area (Å²) >= 11 is 3.34. The second-order valence-electron chi connectivity index (χ2n) is 5.77. The molecule has 2 N–H and O–H groups in total. The van der Waals surface area contributed by atoms with Crippen molar-refractivity contribution in [1.29, 1.82) is 0 Å². The summed E-state index contributed by atoms with van der Waals surface area (Å²) in [5.41, 5.74) is 0.259. The molecule has 0 radical (unpaired) electrons. The lowest BCUT2D eigenvalue weighted by Crippen LogP contribution is -2.14. The summed E-state index contributed by atoms with van der Waals surface area (Å²) in [6.07, 6.45) is 0. The SMILES string of the molecule is O=C(CSc1nnc(SCC(=O)Nc2ccc(F)c(F)c2)s1)Nc1ccc(F)c(F)c1. The molecule has 0 aliphatic rings. The van der Waals surface area contributed by atoms with Crippen molar-refractivity contribution in [2.75, 3.05) is 22.1 Å². The van der Waals surface area contributed by atoms with Crippen LogP contribution >= 0.6 is 34.9 Å². The minimum Gasteiger partial charge on any atom is -0.325 e. The van der Waals surface area contributed by atoms with E-state index in [1.54, 1.807) is 0 Å². The second-order valence-corrected chi connectivity index (χ2v) is 9.19. The maximum Gasteiger partial charge on any atom is 0.234 e. The van der Waals surface area contributed by atoms with Gasteiger partial charge in [0.25, 0.3) is 0 Å². The third-order valence-electron chi connectivity index (χ3n) is 3.45. The number of hydrogen-bond acceptors (Lipinski definition) is 7. The van der Waals surface area contributed by atoms with Gasteiger partial charge in [-0.15, -0.1) is 10.2 Å². The van der Waals surface area contributed by atoms with Crippen LogP contribution in [0.5, 0.6) is 0 Å². The molecule has 6 nitrogen and oxygen atoms in total. The number of rotatable bonds is 8. The summed E-state index contributed by atoms with van der Waals surface area (Å²) < 4.78 is 53.1. The predicted molar refractivity (Wildman–Crippen MR) is 111 cm³/mol. The van der Waals surface area contributed by atoms with Crippen LogP contribution in [0.2, 0.25) is 0 Å². The first-order chi connectivity index (χ1) is 14.8. The van der Waals surface area contributed by atoms with Crippen molar-refractivity contribution in [2.45, 2.75) is 8.68 Å². The van der Waals surface area contributed by atoms with E-state index in [4.69, 9.17) is 0 Å². The van der Waals surface area contributed by atoms with E-state index < -0.39 is 35.1 Å². The molecule has 0 aliphatic carbocycles. The summed E-state index contributed by atoms with van der Waals surface area (Å²) in [7, 11) is 0. The number of aromatic nitrogens is 2. The Morgan fingerprint density at radius 3 is 1.55 bits per heavy atom. The summed E-state index contributed by atoms with van der Waals surface area (Å²) in [6.45, 7) is 0. The number of carbonyl (C=O) groups excluding carboxylic acids is 2. The van der Waals surface area contributed by atoms with Crippen LogP contribution < -0.4 is 10.6 Å². The van der Waals surface area contributed by atoms with Gasteiger partial charge in [0.2, 0.25) is 11.8 Å². The molecular formula is C18H12F4N4O2S3. The first kappa shape index (κ1) is 23.0. The van der Waals surface area contributed by atoms with Crippen molar-refractivity contribution in [3.05, 3.63) is 59.7 Å². The summed E-state index contributed by atoms with van der Waals surface area (Å²) in [5, 5.41) is 12.7. The van der Waals surface area contributed by atoms with Crippen molar-refractivity contribution in [3.63, 3.8) is 0 Å². The summed E-state index contributed by atoms with van der Waals surface area (Å²) in [6, 6.07) is 6.06. The van der Waals surface area contributed by atoms with Crippen LogP contribution in [0.3, 0.4) is 0 Å². The zero-order valence-electron chi connectivity index (χ0n) is 15.3. The van der Waals surface area contributed by atoms with Crippen LogP contribution in [-0.4, -0.2) is 33.5 Å². The Morgan fingerprint density at radius 1 is 0.742 bits per heavy atom. The number of hydrogen-bond donors (Lipinski definition) is 2. The van der Waals surface area contributed by atoms with Crippen molar-refractivity contribution < 1.29 is 27.2 Å². The summed E-state index contributed by atoms with van der Waals surface area (Å²) in [4.78, 5) is 23.8. The maximum absolute atomic E-state index is 13.2. The molecule has 1 heterocycles. The van der Waals surface area contributed by atoms with E-state index in [0.29, 0.717) is 8.68 Å². The predicted octanol–water partition coefficient (Wildman–Crippen LogP) is 4.56. The third kappa shape index (κ3) is 6.94. The molecule has 0 saturated heterocycles. The molecular weight excluding hydrogens is 476 g/mol. The van der Waals surface area contributed by atoms with Crippen LogP contribution in [0, 0.1) is 23.3 Å². The molecule has 2 amide bonds. The van der Waals surface area contributed by atoms with E-state index in [2.05, 4.69) is 20.8 Å². The quantitative estimate of drug-likeness (QED) is 0.357. The Hall–Kier alpha value is -2.64. The molecule has 162 valence electrons. The lowest BCUT2D eigenvalue weighted by molar-refractivity contribution is -0.114. The lowest BCUT2D eigenvalue weighted by atomic mass is 10.3. The van der Waals surface area contributed by atoms with Gasteiger partial charge in [-0.1, -0.05) is 34.9 Å². The zero-order valence-corrected chi connectivity index (χ0v) is 17.8. The molecule has 2 aromatic carbocycles. The second kappa shape index (κ2) is 10.6. The molecule has 0 aliphatic heterocycles. The Labute approximate surface area is 185 Å². The minimum absolute atomic E-state index is 0.0328. The van der Waals surface area contributed by atoms with Gasteiger partial charge in [-0.3, -0.25) is 9.59 Å². The number of anilines is 2. The highest BCUT2D eigenvalue weighted by molar-refractivity contribution is 8.03. The fourth-order valence-electron chi connectivity index (χ4n) is 2.11. The van der Waals surface area contributed by atoms with E-state index in [-0.39, 0.29) is 22.9 Å². The van der Waals surface area contributed by atoms with Gasteiger partial charge in [0.15, 0.2) is 31.9 Å². The first-order valence-corrected chi connectivity index (χ1v) is 11.2. The highest BCUT2D eigenvalue weighted by Crippen LogP contribution is 2.29. The van der Waals surface area contributed by atoms with Gasteiger partial charge in [0, 0.05) is 23.5 Å². The Morgan fingerprint density at radius 2 is 1.16 bits per heavy atom. The molecule has 0 atom stereocenters. The van der Waals surface area contributed by atoms with Gasteiger partial charge in [-0.2, -0.15) is 0 Å². The molecule has 13 heteroatoms. The average Bonchev–Trinajstić information content (AvgIpc) is 3.18. The van der Waals surface area contributed by atoms with Crippen LogP contribution in [0.1, 0.15) is 0 Å². The van der Waals surface area contributed by atoms with Crippen LogP contribution in [0.25, 0.3) is 0 Å². The molecule has 31 heavy (non-hydrogen) atoms. The number of thioether (sulfide) groups is 2. The standard InChI is InChI=1S/C18H12F4N4O2S3/c19-11-3-1-9(5-13(11)21)23-15(27)7-29-17-25-26-18(31-17)30-8-16(28)24-10-2-4-12(20)14(22)6-10/h1-6H,7-8H2,(H,23,27)(H,24,28). The monoisotopic (exact) mass is 488 g/mol. The Bertz CT molecular complexity index is 1030. The van der Waals surface area contributed by atoms with Crippen molar-refractivity contribution in [3.8, 4) is 0 Å². The smallest absolute Gasteiger partial charge is 0.234 e. The molecule has 0 spiro atoms. The summed E-state index contributed by atoms with van der Waals surface area (Å²) in [5.74, 6) is -5.09. The van der Waals surface area contributed by atoms with Gasteiger partial charge in [0.1, 0.15) is 0 Å². The van der Waals surface area contributed by atoms with Gasteiger partial charge >= 0.3 is 0 Å². The number of halogens is 4. The molecule has 0 saturated carbocycles. The Balaban J connectivity index is 1.43. The minimum atomic E-state index is -1.06. The number of amides is 2. The van der Waals surface area contributed by atoms with Crippen LogP contribution in [-0.2, 0) is 9.59 Å². The van der Waals surface area contributed by atoms with Gasteiger partial charge < -0.3 is 10.6 Å². The van der Waals surface area contributed by atoms with Crippen molar-refractivity contribution in [2.24, 2.45) is 0 Å². The van der Waals surface area contributed by atoms with Crippen molar-refractivity contribution >= 4 is 58.0 Å². The maximum atomic E-state index is 13.2. The fourth-order valence-corrected chi connectivity index (χ4v) is 4.73.